The molecule has 2 aliphatic carbocycles. The van der Waals surface area contributed by atoms with Crippen LogP contribution in [-0.4, -0.2) is 5.97 Å². The molecule has 0 aromatic rings. The van der Waals surface area contributed by atoms with Crippen molar-refractivity contribution >= 4 is 5.97 Å². The second-order valence-corrected chi connectivity index (χ2v) is 8.22. The average Bonchev–Trinajstić information content (AvgIpc) is 2.56. The number of hydrogen-bond donors (Lipinski definition) is 0. The van der Waals surface area contributed by atoms with Crippen LogP contribution in [0.5, 0.6) is 0 Å². The maximum Gasteiger partial charge on any atom is 1.00 e. The number of carboxylic acids is 1. The molecule has 5 heteroatoms. The molecule has 0 aromatic heterocycles. The van der Waals surface area contributed by atoms with E-state index in [0.717, 1.165) is 22.3 Å². The van der Waals surface area contributed by atoms with Crippen LogP contribution in [0.2, 0.25) is 0 Å². The van der Waals surface area contributed by atoms with Gasteiger partial charge in [0.25, 0.3) is 0 Å². The van der Waals surface area contributed by atoms with Gasteiger partial charge in [0.05, 0.1) is 5.97 Å². The zero-order valence-electron chi connectivity index (χ0n) is 19.0. The van der Waals surface area contributed by atoms with Crippen LogP contribution in [0.15, 0.2) is 57.9 Å². The topological polar surface area (TPSA) is 63.2 Å². The number of carbonyl (C=O) groups is 1. The molecule has 0 aliphatic heterocycles. The smallest absolute Gasteiger partial charge is 0.872 e. The Balaban J connectivity index is 0.00000364. The van der Waals surface area contributed by atoms with Gasteiger partial charge in [0, 0.05) is 0 Å². The summed E-state index contributed by atoms with van der Waals surface area (Å²) in [7, 11) is 0. The Bertz CT molecular complexity index is 767. The molecule has 28 heavy (non-hydrogen) atoms. The number of aliphatic carboxylic acids is 1. The molecule has 0 radical (unpaired) electrons. The molecule has 0 heterocycles. The van der Waals surface area contributed by atoms with Crippen molar-refractivity contribution in [3.63, 3.8) is 0 Å². The number of hydrogen-bond acceptors (Lipinski definition) is 3. The first kappa shape index (κ1) is 27.2. The van der Waals surface area contributed by atoms with E-state index in [2.05, 4.69) is 34.3 Å². The van der Waals surface area contributed by atoms with E-state index in [1.54, 1.807) is 19.9 Å². The van der Waals surface area contributed by atoms with Crippen molar-refractivity contribution in [3.05, 3.63) is 57.9 Å². The van der Waals surface area contributed by atoms with Crippen LogP contribution in [0, 0.1) is 29.6 Å². The third kappa shape index (κ3) is 4.83. The summed E-state index contributed by atoms with van der Waals surface area (Å²) >= 11 is 0. The van der Waals surface area contributed by atoms with Gasteiger partial charge >= 0.3 is 37.7 Å². The Kier molecular flexibility index (Phi) is 9.96. The molecule has 0 bridgehead atoms. The van der Waals surface area contributed by atoms with Crippen molar-refractivity contribution in [3.8, 4) is 0 Å². The third-order valence-corrected chi connectivity index (χ3v) is 6.59. The summed E-state index contributed by atoms with van der Waals surface area (Å²) in [5.74, 6) is -0.274. The first-order chi connectivity index (χ1) is 12.0. The van der Waals surface area contributed by atoms with Crippen LogP contribution < -0.4 is 47.9 Å². The molecule has 142 valence electrons. The van der Waals surface area contributed by atoms with Crippen LogP contribution in [0.3, 0.4) is 0 Å². The normalized spacial score (nSPS) is 32.4. The average molecular weight is 368 g/mol. The van der Waals surface area contributed by atoms with Crippen LogP contribution in [0.1, 0.15) is 48.5 Å². The van der Waals surface area contributed by atoms with Crippen LogP contribution in [0.4, 0.5) is 0 Å². The van der Waals surface area contributed by atoms with Crippen molar-refractivity contribution in [2.75, 3.05) is 0 Å². The van der Waals surface area contributed by atoms with Gasteiger partial charge in [0.1, 0.15) is 0 Å². The molecular weight excluding hydrogens is 338 g/mol. The standard InChI is InChI=1S/C23H32O3.2Li/c1-11(2)22(23(25)26)20-9-18(14(5)12(3)16(20)7)19-10-21(24)17(8)13(4)15(19)6;;/h9-10,12-16,24H,8H2,1-7H3,(H,25,26);;/q;2*+1/p-2/b19-18-;;. The first-order valence-corrected chi connectivity index (χ1v) is 9.41. The van der Waals surface area contributed by atoms with Crippen LogP contribution in [-0.2, 0) is 4.79 Å². The van der Waals surface area contributed by atoms with E-state index in [9.17, 15) is 15.0 Å². The molecule has 0 saturated heterocycles. The Morgan fingerprint density at radius 1 is 0.893 bits per heavy atom. The zero-order chi connectivity index (χ0) is 19.9. The molecule has 0 aromatic carbocycles. The largest absolute Gasteiger partial charge is 1.00 e. The van der Waals surface area contributed by atoms with E-state index in [0.29, 0.717) is 11.1 Å². The Morgan fingerprint density at radius 2 is 1.39 bits per heavy atom. The Morgan fingerprint density at radius 3 is 1.86 bits per heavy atom. The van der Waals surface area contributed by atoms with Gasteiger partial charge in [-0.1, -0.05) is 64.5 Å². The van der Waals surface area contributed by atoms with Gasteiger partial charge in [-0.05, 0) is 65.7 Å². The molecule has 2 aliphatic rings. The molecular formula is C23H30Li2O3. The van der Waals surface area contributed by atoms with E-state index in [4.69, 9.17) is 0 Å². The first-order valence-electron chi connectivity index (χ1n) is 9.41. The molecule has 0 spiro atoms. The molecule has 0 fully saturated rings. The fraction of sp³-hybridized carbons (Fsp3) is 0.522. The summed E-state index contributed by atoms with van der Waals surface area (Å²) in [5.41, 5.74) is 4.59. The Hall–Kier alpha value is -0.835. The van der Waals surface area contributed by atoms with Crippen LogP contribution >= 0.6 is 0 Å². The fourth-order valence-corrected chi connectivity index (χ4v) is 4.19. The predicted molar refractivity (Wildman–Crippen MR) is 102 cm³/mol. The van der Waals surface area contributed by atoms with E-state index in [1.165, 1.54) is 0 Å². The van der Waals surface area contributed by atoms with Gasteiger partial charge < -0.3 is 15.0 Å². The van der Waals surface area contributed by atoms with Gasteiger partial charge in [-0.15, -0.1) is 5.76 Å². The van der Waals surface area contributed by atoms with E-state index < -0.39 is 5.97 Å². The minimum absolute atomic E-state index is 0. The SMILES string of the molecule is C=C1C([O-])=C/C(=C2\C=C(C(C(=O)[O-])=C(C)C)C(C)C(C)C2C)C(C)C1C.[Li+].[Li+]. The Labute approximate surface area is 194 Å². The molecule has 0 N–H and O–H groups in total. The van der Waals surface area contributed by atoms with E-state index in [1.807, 2.05) is 13.0 Å². The number of carboxylic acid groups (broad SMARTS) is 1. The quantitative estimate of drug-likeness (QED) is 0.394. The second-order valence-electron chi connectivity index (χ2n) is 8.22. The predicted octanol–water partition coefficient (Wildman–Crippen LogP) is -2.69. The van der Waals surface area contributed by atoms with Gasteiger partial charge in [-0.2, -0.15) is 0 Å². The van der Waals surface area contributed by atoms with Gasteiger partial charge in [-0.25, -0.2) is 0 Å². The summed E-state index contributed by atoms with van der Waals surface area (Å²) in [6.07, 6.45) is 3.71. The van der Waals surface area contributed by atoms with Crippen molar-refractivity contribution < 1.29 is 52.7 Å². The van der Waals surface area contributed by atoms with Crippen molar-refractivity contribution in [1.29, 1.82) is 0 Å². The summed E-state index contributed by atoms with van der Waals surface area (Å²) in [5, 5.41) is 24.1. The van der Waals surface area contributed by atoms with E-state index in [-0.39, 0.29) is 73.1 Å². The molecule has 0 saturated carbocycles. The summed E-state index contributed by atoms with van der Waals surface area (Å²) in [4.78, 5) is 11.8. The van der Waals surface area contributed by atoms with Crippen LogP contribution in [0.25, 0.3) is 0 Å². The summed E-state index contributed by atoms with van der Waals surface area (Å²) in [6.45, 7) is 18.1. The minimum Gasteiger partial charge on any atom is -0.872 e. The van der Waals surface area contributed by atoms with E-state index >= 15 is 0 Å². The molecule has 2 rings (SSSR count). The van der Waals surface area contributed by atoms with Gasteiger partial charge in [0.2, 0.25) is 0 Å². The third-order valence-electron chi connectivity index (χ3n) is 6.59. The summed E-state index contributed by atoms with van der Waals surface area (Å²) in [6, 6.07) is 0. The molecule has 5 unspecified atom stereocenters. The van der Waals surface area contributed by atoms with Gasteiger partial charge in [-0.3, -0.25) is 0 Å². The van der Waals surface area contributed by atoms with Crippen molar-refractivity contribution in [1.82, 2.24) is 0 Å². The molecule has 5 atom stereocenters. The summed E-state index contributed by atoms with van der Waals surface area (Å²) < 4.78 is 0. The molecule has 0 amide bonds. The monoisotopic (exact) mass is 368 g/mol. The van der Waals surface area contributed by atoms with Gasteiger partial charge in [0.15, 0.2) is 0 Å². The second kappa shape index (κ2) is 10.3. The van der Waals surface area contributed by atoms with Crippen molar-refractivity contribution in [2.45, 2.75) is 48.5 Å². The maximum atomic E-state index is 12.4. The van der Waals surface area contributed by atoms with Crippen molar-refractivity contribution in [2.24, 2.45) is 29.6 Å². The maximum absolute atomic E-state index is 12.4. The number of allylic oxidation sites excluding steroid dienone is 6. The minimum atomic E-state index is -1.13. The number of rotatable bonds is 2. The molecule has 3 nitrogen and oxygen atoms in total. The fourth-order valence-electron chi connectivity index (χ4n) is 4.19. The number of carbonyl (C=O) groups excluding carboxylic acids is 1. The zero-order valence-corrected chi connectivity index (χ0v) is 19.0.